The predicted octanol–water partition coefficient (Wildman–Crippen LogP) is -0.589. The zero-order chi connectivity index (χ0) is 10.4. The molecule has 0 aliphatic rings. The fourth-order valence-electron chi connectivity index (χ4n) is 0.0781. The van der Waals surface area contributed by atoms with Crippen molar-refractivity contribution in [3.05, 3.63) is 0 Å². The fourth-order valence-corrected chi connectivity index (χ4v) is 0.234. The maximum atomic E-state index is 9.76. The van der Waals surface area contributed by atoms with Crippen LogP contribution in [0.5, 0.6) is 0 Å². The Balaban J connectivity index is -0.000000150. The van der Waals surface area contributed by atoms with E-state index < -0.39 is 21.8 Å². The second-order valence-corrected chi connectivity index (χ2v) is 4.92. The second kappa shape index (κ2) is 8.61. The van der Waals surface area contributed by atoms with E-state index in [-0.39, 0.29) is 18.2 Å². The van der Waals surface area contributed by atoms with Gasteiger partial charge in [-0.25, -0.2) is 8.42 Å². The van der Waals surface area contributed by atoms with Crippen molar-refractivity contribution in [2.24, 2.45) is 5.73 Å². The van der Waals surface area contributed by atoms with Crippen LogP contribution >= 0.6 is 25.0 Å². The second-order valence-electron chi connectivity index (χ2n) is 2.27. The Morgan fingerprint density at radius 3 is 1.77 bits per heavy atom. The van der Waals surface area contributed by atoms with Gasteiger partial charge < -0.3 is 10.8 Å². The largest absolute Gasteiger partial charge is 0.480 e. The lowest BCUT2D eigenvalue weighted by molar-refractivity contribution is -0.137. The first kappa shape index (κ1) is 18.7. The molecule has 0 unspecified atom stereocenters. The van der Waals surface area contributed by atoms with Gasteiger partial charge in [0.15, 0.2) is 0 Å². The van der Waals surface area contributed by atoms with E-state index in [0.717, 1.165) is 12.5 Å². The van der Waals surface area contributed by atoms with E-state index in [4.69, 9.17) is 10.8 Å². The van der Waals surface area contributed by atoms with Gasteiger partial charge in [-0.15, -0.1) is 12.4 Å². The Morgan fingerprint density at radius 1 is 1.54 bits per heavy atom. The van der Waals surface area contributed by atoms with E-state index >= 15 is 0 Å². The average molecular weight is 252 g/mol. The van der Waals surface area contributed by atoms with Crippen LogP contribution in [0.1, 0.15) is 0 Å². The first-order valence-corrected chi connectivity index (χ1v) is 5.86. The Labute approximate surface area is 89.4 Å². The number of nitrogens with two attached hydrogens (primary N) is 1. The molecular weight excluding hydrogens is 238 g/mol. The van der Waals surface area contributed by atoms with Crippen molar-refractivity contribution in [2.75, 3.05) is 18.3 Å². The smallest absolute Gasteiger partial charge is 0.321 e. The van der Waals surface area contributed by atoms with Crippen LogP contribution in [0.15, 0.2) is 0 Å². The van der Waals surface area contributed by atoms with Gasteiger partial charge in [-0.05, 0) is 0 Å². The SMILES string of the molecule is CS(C)(=O)=O.Cl.N[C@@H](CS)C(=O)O. The van der Waals surface area contributed by atoms with Crippen molar-refractivity contribution in [1.82, 2.24) is 0 Å². The van der Waals surface area contributed by atoms with Crippen LogP contribution in [0.25, 0.3) is 0 Å². The number of hydrogen-bond acceptors (Lipinski definition) is 5. The molecule has 0 aromatic rings. The molecule has 0 aromatic heterocycles. The molecule has 0 fully saturated rings. The Bertz CT molecular complexity index is 221. The number of halogens is 1. The van der Waals surface area contributed by atoms with Gasteiger partial charge in [0.2, 0.25) is 0 Å². The Kier molecular flexibility index (Phi) is 12.4. The van der Waals surface area contributed by atoms with E-state index in [1.54, 1.807) is 0 Å². The highest BCUT2D eigenvalue weighted by Gasteiger charge is 2.06. The minimum atomic E-state index is -2.67. The van der Waals surface area contributed by atoms with Gasteiger partial charge >= 0.3 is 5.97 Å². The van der Waals surface area contributed by atoms with Crippen molar-refractivity contribution in [1.29, 1.82) is 0 Å². The zero-order valence-corrected chi connectivity index (χ0v) is 9.82. The summed E-state index contributed by atoms with van der Waals surface area (Å²) in [5.74, 6) is -0.815. The number of aliphatic carboxylic acids is 1. The Hall–Kier alpha value is 0.0200. The summed E-state index contributed by atoms with van der Waals surface area (Å²) < 4.78 is 19.3. The molecule has 0 heterocycles. The minimum absolute atomic E-state index is 0. The zero-order valence-electron chi connectivity index (χ0n) is 7.30. The highest BCUT2D eigenvalue weighted by atomic mass is 35.5. The summed E-state index contributed by atoms with van der Waals surface area (Å²) in [4.78, 5) is 9.76. The number of carbonyl (C=O) groups is 1. The molecule has 0 aliphatic heterocycles. The van der Waals surface area contributed by atoms with Gasteiger partial charge in [-0.2, -0.15) is 12.6 Å². The molecule has 13 heavy (non-hydrogen) atoms. The van der Waals surface area contributed by atoms with E-state index in [2.05, 4.69) is 12.6 Å². The van der Waals surface area contributed by atoms with Crippen molar-refractivity contribution >= 4 is 40.8 Å². The van der Waals surface area contributed by atoms with Crippen molar-refractivity contribution < 1.29 is 18.3 Å². The lowest BCUT2D eigenvalue weighted by atomic mass is 10.4. The van der Waals surface area contributed by atoms with Crippen LogP contribution in [0, 0.1) is 0 Å². The highest BCUT2D eigenvalue weighted by Crippen LogP contribution is 1.80. The summed E-state index contributed by atoms with van der Waals surface area (Å²) in [6, 6.07) is -0.816. The van der Waals surface area contributed by atoms with Crippen molar-refractivity contribution in [3.8, 4) is 0 Å². The molecule has 8 heteroatoms. The normalized spacial score (nSPS) is 11.7. The summed E-state index contributed by atoms with van der Waals surface area (Å²) in [5.41, 5.74) is 4.94. The van der Waals surface area contributed by atoms with Gasteiger partial charge in [0.25, 0.3) is 0 Å². The van der Waals surface area contributed by atoms with Crippen molar-refractivity contribution in [2.45, 2.75) is 6.04 Å². The molecule has 0 saturated heterocycles. The topological polar surface area (TPSA) is 97.5 Å². The fraction of sp³-hybridized carbons (Fsp3) is 0.800. The molecule has 82 valence electrons. The molecule has 0 spiro atoms. The van der Waals surface area contributed by atoms with Gasteiger partial charge in [0, 0.05) is 18.3 Å². The standard InChI is InChI=1S/C3H7NO2S.C2H6O2S.ClH/c4-2(1-7)3(5)6;1-5(2,3)4;/h2,7H,1,4H2,(H,5,6);1-2H3;1H/t2-;;/m0../s1. The number of sulfone groups is 1. The number of rotatable bonds is 2. The summed E-state index contributed by atoms with van der Waals surface area (Å²) >= 11 is 3.65. The number of thiol groups is 1. The first-order valence-electron chi connectivity index (χ1n) is 2.92. The molecule has 5 nitrogen and oxygen atoms in total. The van der Waals surface area contributed by atoms with E-state index in [0.29, 0.717) is 0 Å². The summed E-state index contributed by atoms with van der Waals surface area (Å²) in [6.07, 6.45) is 2.32. The quantitative estimate of drug-likeness (QED) is 0.570. The summed E-state index contributed by atoms with van der Waals surface area (Å²) in [5, 5.41) is 8.01. The molecule has 0 bridgehead atoms. The molecule has 0 radical (unpaired) electrons. The highest BCUT2D eigenvalue weighted by molar-refractivity contribution is 7.89. The third kappa shape index (κ3) is 33.3. The maximum absolute atomic E-state index is 9.76. The molecule has 1 atom stereocenters. The monoisotopic (exact) mass is 251 g/mol. The van der Waals surface area contributed by atoms with Crippen LogP contribution < -0.4 is 5.73 Å². The van der Waals surface area contributed by atoms with Gasteiger partial charge in [-0.1, -0.05) is 0 Å². The van der Waals surface area contributed by atoms with Gasteiger partial charge in [0.1, 0.15) is 15.9 Å². The van der Waals surface area contributed by atoms with Crippen LogP contribution in [0.3, 0.4) is 0 Å². The minimum Gasteiger partial charge on any atom is -0.480 e. The lowest BCUT2D eigenvalue weighted by Crippen LogP contribution is -2.31. The number of carboxylic acids is 1. The third-order valence-electron chi connectivity index (χ3n) is 0.514. The summed E-state index contributed by atoms with van der Waals surface area (Å²) in [7, 11) is -2.67. The van der Waals surface area contributed by atoms with Crippen LogP contribution in [-0.4, -0.2) is 43.8 Å². The van der Waals surface area contributed by atoms with E-state index in [9.17, 15) is 13.2 Å². The molecule has 0 rings (SSSR count). The molecular formula is C5H14ClNO4S2. The lowest BCUT2D eigenvalue weighted by Gasteiger charge is -1.96. The summed E-state index contributed by atoms with van der Waals surface area (Å²) in [6.45, 7) is 0. The third-order valence-corrected chi connectivity index (χ3v) is 0.907. The molecule has 0 aliphatic carbocycles. The van der Waals surface area contributed by atoms with Crippen molar-refractivity contribution in [3.63, 3.8) is 0 Å². The van der Waals surface area contributed by atoms with E-state index in [1.165, 1.54) is 0 Å². The predicted molar refractivity (Wildman–Crippen MR) is 57.5 cm³/mol. The first-order chi connectivity index (χ1) is 5.18. The molecule has 0 amide bonds. The van der Waals surface area contributed by atoms with Crippen LogP contribution in [0.2, 0.25) is 0 Å². The number of carboxylic acid groups (broad SMARTS) is 1. The molecule has 3 N–H and O–H groups in total. The van der Waals surface area contributed by atoms with Crippen LogP contribution in [-0.2, 0) is 14.6 Å². The molecule has 0 saturated carbocycles. The van der Waals surface area contributed by atoms with Crippen LogP contribution in [0.4, 0.5) is 0 Å². The van der Waals surface area contributed by atoms with Gasteiger partial charge in [0.05, 0.1) is 0 Å². The molecule has 0 aromatic carbocycles. The van der Waals surface area contributed by atoms with E-state index in [1.807, 2.05) is 0 Å². The van der Waals surface area contributed by atoms with Gasteiger partial charge in [-0.3, -0.25) is 4.79 Å². The maximum Gasteiger partial charge on any atom is 0.321 e. The number of hydrogen-bond donors (Lipinski definition) is 3. The average Bonchev–Trinajstić information content (AvgIpc) is 1.82. The Morgan fingerprint density at radius 2 is 1.77 bits per heavy atom.